The number of benzene rings is 1. The third kappa shape index (κ3) is 5.31. The third-order valence-electron chi connectivity index (χ3n) is 2.03. The van der Waals surface area contributed by atoms with Gasteiger partial charge in [0.15, 0.2) is 0 Å². The fraction of sp³-hybridized carbons (Fsp3) is 0.333. The molecule has 6 nitrogen and oxygen atoms in total. The summed E-state index contributed by atoms with van der Waals surface area (Å²) in [4.78, 5) is 20.7. The van der Waals surface area contributed by atoms with Crippen molar-refractivity contribution in [2.75, 3.05) is 19.8 Å². The van der Waals surface area contributed by atoms with E-state index in [1.54, 1.807) is 12.1 Å². The van der Waals surface area contributed by atoms with Crippen LogP contribution in [-0.4, -0.2) is 42.0 Å². The Labute approximate surface area is 104 Å². The van der Waals surface area contributed by atoms with E-state index in [1.165, 1.54) is 12.1 Å². The standard InChI is InChI=1S/C12H14O6/c13-11(14)8-17-6-1-7-18-10-4-2-9(3-5-10)12(15)16/h2-5H,1,6-8H2,(H,13,14)(H,15,16). The van der Waals surface area contributed by atoms with Crippen molar-refractivity contribution in [1.82, 2.24) is 0 Å². The second-order valence-electron chi connectivity index (χ2n) is 3.48. The lowest BCUT2D eigenvalue weighted by molar-refractivity contribution is -0.142. The normalized spacial score (nSPS) is 10.0. The van der Waals surface area contributed by atoms with Crippen molar-refractivity contribution in [2.45, 2.75) is 6.42 Å². The van der Waals surface area contributed by atoms with E-state index in [-0.39, 0.29) is 12.2 Å². The number of carboxylic acids is 2. The Morgan fingerprint density at radius 1 is 1.06 bits per heavy atom. The Balaban J connectivity index is 2.19. The smallest absolute Gasteiger partial charge is 0.335 e. The molecule has 0 aliphatic heterocycles. The van der Waals surface area contributed by atoms with Crippen LogP contribution in [-0.2, 0) is 9.53 Å². The molecule has 1 aromatic rings. The minimum atomic E-state index is -1.000. The lowest BCUT2D eigenvalue weighted by atomic mass is 10.2. The van der Waals surface area contributed by atoms with Gasteiger partial charge in [0, 0.05) is 6.42 Å². The van der Waals surface area contributed by atoms with E-state index in [9.17, 15) is 9.59 Å². The number of ether oxygens (including phenoxy) is 2. The highest BCUT2D eigenvalue weighted by molar-refractivity contribution is 5.87. The average molecular weight is 254 g/mol. The molecule has 0 aliphatic carbocycles. The highest BCUT2D eigenvalue weighted by Crippen LogP contribution is 2.12. The highest BCUT2D eigenvalue weighted by atomic mass is 16.5. The largest absolute Gasteiger partial charge is 0.494 e. The van der Waals surface area contributed by atoms with Crippen LogP contribution in [0.2, 0.25) is 0 Å². The lowest BCUT2D eigenvalue weighted by Gasteiger charge is -2.06. The van der Waals surface area contributed by atoms with E-state index in [0.29, 0.717) is 25.4 Å². The highest BCUT2D eigenvalue weighted by Gasteiger charge is 2.02. The monoisotopic (exact) mass is 254 g/mol. The molecule has 1 rings (SSSR count). The van der Waals surface area contributed by atoms with Gasteiger partial charge in [0.2, 0.25) is 0 Å². The van der Waals surface area contributed by atoms with Crippen molar-refractivity contribution in [2.24, 2.45) is 0 Å². The van der Waals surface area contributed by atoms with Gasteiger partial charge in [-0.3, -0.25) is 0 Å². The average Bonchev–Trinajstić information content (AvgIpc) is 2.34. The Morgan fingerprint density at radius 2 is 1.72 bits per heavy atom. The summed E-state index contributed by atoms with van der Waals surface area (Å²) >= 11 is 0. The predicted molar refractivity (Wildman–Crippen MR) is 62.0 cm³/mol. The molecule has 2 N–H and O–H groups in total. The Bertz CT molecular complexity index is 398. The van der Waals surface area contributed by atoms with Gasteiger partial charge in [0.05, 0.1) is 18.8 Å². The van der Waals surface area contributed by atoms with Gasteiger partial charge in [-0.15, -0.1) is 0 Å². The van der Waals surface area contributed by atoms with Gasteiger partial charge in [-0.2, -0.15) is 0 Å². The molecule has 0 bridgehead atoms. The maximum atomic E-state index is 10.6. The van der Waals surface area contributed by atoms with Gasteiger partial charge in [-0.25, -0.2) is 9.59 Å². The lowest BCUT2D eigenvalue weighted by Crippen LogP contribution is -2.09. The van der Waals surface area contributed by atoms with Crippen LogP contribution in [0.1, 0.15) is 16.8 Å². The van der Waals surface area contributed by atoms with Gasteiger partial charge in [-0.1, -0.05) is 0 Å². The van der Waals surface area contributed by atoms with E-state index in [4.69, 9.17) is 19.7 Å². The molecule has 18 heavy (non-hydrogen) atoms. The van der Waals surface area contributed by atoms with Crippen LogP contribution < -0.4 is 4.74 Å². The summed E-state index contributed by atoms with van der Waals surface area (Å²) in [6.07, 6.45) is 0.563. The molecule has 0 radical (unpaired) electrons. The number of carboxylic acid groups (broad SMARTS) is 2. The molecule has 1 aromatic carbocycles. The molecule has 98 valence electrons. The number of rotatable bonds is 8. The zero-order valence-electron chi connectivity index (χ0n) is 9.67. The second kappa shape index (κ2) is 7.29. The minimum Gasteiger partial charge on any atom is -0.494 e. The van der Waals surface area contributed by atoms with Crippen molar-refractivity contribution in [3.05, 3.63) is 29.8 Å². The number of aromatic carboxylic acids is 1. The predicted octanol–water partition coefficient (Wildman–Crippen LogP) is 1.25. The molecule has 0 atom stereocenters. The van der Waals surface area contributed by atoms with E-state index in [1.807, 2.05) is 0 Å². The van der Waals surface area contributed by atoms with Gasteiger partial charge in [-0.05, 0) is 24.3 Å². The third-order valence-corrected chi connectivity index (χ3v) is 2.03. The molecule has 0 fully saturated rings. The van der Waals surface area contributed by atoms with Crippen molar-refractivity contribution in [3.63, 3.8) is 0 Å². The Morgan fingerprint density at radius 3 is 2.28 bits per heavy atom. The van der Waals surface area contributed by atoms with Gasteiger partial charge in [0.25, 0.3) is 0 Å². The molecular formula is C12H14O6. The molecular weight excluding hydrogens is 240 g/mol. The SMILES string of the molecule is O=C(O)COCCCOc1ccc(C(=O)O)cc1. The van der Waals surface area contributed by atoms with E-state index >= 15 is 0 Å². The van der Waals surface area contributed by atoms with Gasteiger partial charge >= 0.3 is 11.9 Å². The zero-order valence-corrected chi connectivity index (χ0v) is 9.67. The van der Waals surface area contributed by atoms with Crippen LogP contribution in [0.5, 0.6) is 5.75 Å². The molecule has 0 saturated heterocycles. The fourth-order valence-corrected chi connectivity index (χ4v) is 1.20. The summed E-state index contributed by atoms with van der Waals surface area (Å²) < 4.78 is 10.2. The first kappa shape index (κ1) is 14.0. The first-order chi connectivity index (χ1) is 8.59. The second-order valence-corrected chi connectivity index (χ2v) is 3.48. The van der Waals surface area contributed by atoms with Crippen molar-refractivity contribution in [1.29, 1.82) is 0 Å². The molecule has 0 aromatic heterocycles. The van der Waals surface area contributed by atoms with Crippen molar-refractivity contribution in [3.8, 4) is 5.75 Å². The van der Waals surface area contributed by atoms with Gasteiger partial charge in [0.1, 0.15) is 12.4 Å². The van der Waals surface area contributed by atoms with E-state index in [2.05, 4.69) is 0 Å². The quantitative estimate of drug-likeness (QED) is 0.678. The topological polar surface area (TPSA) is 93.1 Å². The van der Waals surface area contributed by atoms with Crippen molar-refractivity contribution >= 4 is 11.9 Å². The number of hydrogen-bond donors (Lipinski definition) is 2. The number of aliphatic carboxylic acids is 1. The molecule has 0 saturated carbocycles. The first-order valence-electron chi connectivity index (χ1n) is 5.35. The summed E-state index contributed by atoms with van der Waals surface area (Å²) in [5.74, 6) is -1.41. The maximum absolute atomic E-state index is 10.6. The minimum absolute atomic E-state index is 0.201. The first-order valence-corrected chi connectivity index (χ1v) is 5.35. The summed E-state index contributed by atoms with van der Waals surface area (Å²) in [5, 5.41) is 17.0. The summed E-state index contributed by atoms with van der Waals surface area (Å²) in [6, 6.07) is 6.06. The summed E-state index contributed by atoms with van der Waals surface area (Å²) in [6.45, 7) is 0.374. The number of carbonyl (C=O) groups is 2. The molecule has 0 aliphatic rings. The molecule has 6 heteroatoms. The van der Waals surface area contributed by atoms with Crippen LogP contribution in [0.4, 0.5) is 0 Å². The molecule has 0 unspecified atom stereocenters. The van der Waals surface area contributed by atoms with E-state index < -0.39 is 11.9 Å². The Hall–Kier alpha value is -2.08. The van der Waals surface area contributed by atoms with Crippen LogP contribution in [0.15, 0.2) is 24.3 Å². The fourth-order valence-electron chi connectivity index (χ4n) is 1.20. The van der Waals surface area contributed by atoms with E-state index in [0.717, 1.165) is 0 Å². The molecule has 0 amide bonds. The molecule has 0 heterocycles. The van der Waals surface area contributed by atoms with Crippen LogP contribution >= 0.6 is 0 Å². The van der Waals surface area contributed by atoms with Crippen LogP contribution in [0.25, 0.3) is 0 Å². The number of hydrogen-bond acceptors (Lipinski definition) is 4. The Kier molecular flexibility index (Phi) is 5.66. The maximum Gasteiger partial charge on any atom is 0.335 e. The van der Waals surface area contributed by atoms with Gasteiger partial charge < -0.3 is 19.7 Å². The summed E-state index contributed by atoms with van der Waals surface area (Å²) in [7, 11) is 0. The zero-order chi connectivity index (χ0) is 13.4. The van der Waals surface area contributed by atoms with Crippen LogP contribution in [0.3, 0.4) is 0 Å². The molecule has 0 spiro atoms. The van der Waals surface area contributed by atoms with Crippen molar-refractivity contribution < 1.29 is 29.3 Å². The van der Waals surface area contributed by atoms with Crippen LogP contribution in [0, 0.1) is 0 Å². The summed E-state index contributed by atoms with van der Waals surface area (Å²) in [5.41, 5.74) is 0.201.